The predicted octanol–water partition coefficient (Wildman–Crippen LogP) is 3.47. The summed E-state index contributed by atoms with van der Waals surface area (Å²) in [6.45, 7) is 2.76. The molecule has 4 nitrogen and oxygen atoms in total. The minimum atomic E-state index is -2.98. The second kappa shape index (κ2) is 7.77. The maximum atomic E-state index is 13.2. The van der Waals surface area contributed by atoms with Gasteiger partial charge in [-0.25, -0.2) is 12.8 Å². The Morgan fingerprint density at radius 1 is 1.52 bits per heavy atom. The summed E-state index contributed by atoms with van der Waals surface area (Å²) in [7, 11) is -2.98. The van der Waals surface area contributed by atoms with Crippen LogP contribution in [0.3, 0.4) is 0 Å². The van der Waals surface area contributed by atoms with Crippen LogP contribution in [0.4, 0.5) is 10.1 Å². The van der Waals surface area contributed by atoms with Gasteiger partial charge in [-0.3, -0.25) is 0 Å². The van der Waals surface area contributed by atoms with Crippen LogP contribution in [-0.4, -0.2) is 42.5 Å². The molecule has 1 atom stereocenters. The first-order valence-electron chi connectivity index (χ1n) is 7.55. The van der Waals surface area contributed by atoms with Gasteiger partial charge in [-0.05, 0) is 43.3 Å². The maximum absolute atomic E-state index is 13.2. The number of hydrogen-bond donors (Lipinski definition) is 1. The van der Waals surface area contributed by atoms with Crippen LogP contribution in [0.15, 0.2) is 18.2 Å². The van der Waals surface area contributed by atoms with E-state index >= 15 is 0 Å². The first-order chi connectivity index (χ1) is 10.8. The van der Waals surface area contributed by atoms with Crippen molar-refractivity contribution in [3.05, 3.63) is 29.0 Å². The lowest BCUT2D eigenvalue weighted by molar-refractivity contribution is 0.333. The maximum Gasteiger partial charge on any atom is 0.173 e. The molecule has 0 spiro atoms. The molecule has 0 aliphatic carbocycles. The van der Waals surface area contributed by atoms with Crippen LogP contribution in [0, 0.1) is 5.82 Å². The van der Waals surface area contributed by atoms with Crippen molar-refractivity contribution in [3.63, 3.8) is 0 Å². The molecule has 2 rings (SSSR count). The van der Waals surface area contributed by atoms with Crippen molar-refractivity contribution in [1.29, 1.82) is 0 Å². The van der Waals surface area contributed by atoms with E-state index in [0.29, 0.717) is 23.8 Å². The molecule has 1 fully saturated rings. The quantitative estimate of drug-likeness (QED) is 0.795. The lowest BCUT2D eigenvalue weighted by Crippen LogP contribution is -2.44. The molecule has 0 unspecified atom stereocenters. The summed E-state index contributed by atoms with van der Waals surface area (Å²) < 4.78 is 36.7. The topological polar surface area (TPSA) is 49.4 Å². The third-order valence-corrected chi connectivity index (χ3v) is 6.21. The van der Waals surface area contributed by atoms with Gasteiger partial charge < -0.3 is 10.2 Å². The van der Waals surface area contributed by atoms with Crippen molar-refractivity contribution in [2.24, 2.45) is 0 Å². The minimum absolute atomic E-state index is 0.0151. The molecule has 0 saturated carbocycles. The van der Waals surface area contributed by atoms with Gasteiger partial charge in [0.05, 0.1) is 16.5 Å². The summed E-state index contributed by atoms with van der Waals surface area (Å²) in [6.07, 6.45) is 2.49. The highest BCUT2D eigenvalue weighted by atomic mass is 35.5. The van der Waals surface area contributed by atoms with E-state index in [4.69, 9.17) is 23.8 Å². The number of benzene rings is 1. The summed E-state index contributed by atoms with van der Waals surface area (Å²) in [5.41, 5.74) is 0.587. The van der Waals surface area contributed by atoms with Crippen molar-refractivity contribution in [3.8, 4) is 0 Å². The van der Waals surface area contributed by atoms with Gasteiger partial charge in [0.1, 0.15) is 5.82 Å². The molecule has 1 heterocycles. The van der Waals surface area contributed by atoms with Gasteiger partial charge in [-0.15, -0.1) is 0 Å². The molecule has 1 aliphatic heterocycles. The molecule has 0 aromatic heterocycles. The van der Waals surface area contributed by atoms with E-state index in [1.54, 1.807) is 6.07 Å². The Hall–Kier alpha value is -0.920. The first kappa shape index (κ1) is 18.4. The highest BCUT2D eigenvalue weighted by Gasteiger charge is 2.33. The molecule has 23 heavy (non-hydrogen) atoms. The van der Waals surface area contributed by atoms with E-state index in [1.165, 1.54) is 12.1 Å². The second-order valence-corrected chi connectivity index (χ2v) is 8.69. The lowest BCUT2D eigenvalue weighted by Gasteiger charge is -2.31. The Kier molecular flexibility index (Phi) is 6.22. The summed E-state index contributed by atoms with van der Waals surface area (Å²) >= 11 is 11.2. The summed E-state index contributed by atoms with van der Waals surface area (Å²) in [5.74, 6) is -0.165. The number of nitrogens with zero attached hydrogens (tertiary/aromatic N) is 1. The number of halogens is 2. The van der Waals surface area contributed by atoms with Gasteiger partial charge in [0.2, 0.25) is 0 Å². The molecule has 1 aromatic rings. The van der Waals surface area contributed by atoms with Crippen LogP contribution in [0.25, 0.3) is 0 Å². The van der Waals surface area contributed by atoms with Crippen LogP contribution in [0.1, 0.15) is 26.2 Å². The minimum Gasteiger partial charge on any atom is -0.345 e. The van der Waals surface area contributed by atoms with E-state index in [2.05, 4.69) is 12.2 Å². The molecular formula is C15H20ClFN2O2S2. The summed E-state index contributed by atoms with van der Waals surface area (Å²) in [4.78, 5) is 1.93. The normalized spacial score (nSPS) is 19.5. The van der Waals surface area contributed by atoms with Crippen molar-refractivity contribution < 1.29 is 12.8 Å². The monoisotopic (exact) mass is 378 g/mol. The highest BCUT2D eigenvalue weighted by molar-refractivity contribution is 7.91. The standard InChI is InChI=1S/C15H20ClFN2O2S2/c1-2-3-7-19(12-6-8-23(20,21)10-12)15(22)18-11-4-5-14(17)13(16)9-11/h4-5,9,12H,2-3,6-8,10H2,1H3,(H,18,22)/t12-/m1/s1. The van der Waals surface area contributed by atoms with Crippen LogP contribution in [-0.2, 0) is 9.84 Å². The average molecular weight is 379 g/mol. The smallest absolute Gasteiger partial charge is 0.173 e. The van der Waals surface area contributed by atoms with Crippen molar-refractivity contribution in [2.45, 2.75) is 32.2 Å². The fraction of sp³-hybridized carbons (Fsp3) is 0.533. The molecule has 0 radical (unpaired) electrons. The number of rotatable bonds is 5. The summed E-state index contributed by atoms with van der Waals surface area (Å²) in [5, 5.41) is 3.50. The zero-order valence-electron chi connectivity index (χ0n) is 12.9. The van der Waals surface area contributed by atoms with Gasteiger partial charge in [0.25, 0.3) is 0 Å². The molecule has 0 amide bonds. The number of nitrogens with one attached hydrogen (secondary N) is 1. The first-order valence-corrected chi connectivity index (χ1v) is 10.2. The zero-order valence-corrected chi connectivity index (χ0v) is 15.3. The van der Waals surface area contributed by atoms with Gasteiger partial charge in [-0.1, -0.05) is 24.9 Å². The van der Waals surface area contributed by atoms with Crippen molar-refractivity contribution in [1.82, 2.24) is 4.90 Å². The molecular weight excluding hydrogens is 359 g/mol. The number of unbranched alkanes of at least 4 members (excludes halogenated alkanes) is 1. The molecule has 128 valence electrons. The van der Waals surface area contributed by atoms with Crippen LogP contribution in [0.2, 0.25) is 5.02 Å². The predicted molar refractivity (Wildman–Crippen MR) is 96.3 cm³/mol. The Labute approximate surface area is 146 Å². The third kappa shape index (κ3) is 5.02. The molecule has 8 heteroatoms. The van der Waals surface area contributed by atoms with Gasteiger partial charge in [0, 0.05) is 18.3 Å². The van der Waals surface area contributed by atoms with Crippen LogP contribution in [0.5, 0.6) is 0 Å². The number of anilines is 1. The number of thiocarbonyl (C=S) groups is 1. The molecule has 1 N–H and O–H groups in total. The Morgan fingerprint density at radius 3 is 2.83 bits per heavy atom. The highest BCUT2D eigenvalue weighted by Crippen LogP contribution is 2.22. The van der Waals surface area contributed by atoms with E-state index in [-0.39, 0.29) is 22.6 Å². The van der Waals surface area contributed by atoms with E-state index in [0.717, 1.165) is 12.8 Å². The largest absolute Gasteiger partial charge is 0.345 e. The van der Waals surface area contributed by atoms with Gasteiger partial charge >= 0.3 is 0 Å². The molecule has 1 aromatic carbocycles. The average Bonchev–Trinajstić information content (AvgIpc) is 2.83. The van der Waals surface area contributed by atoms with Crippen molar-refractivity contribution >= 4 is 44.5 Å². The van der Waals surface area contributed by atoms with E-state index < -0.39 is 15.7 Å². The van der Waals surface area contributed by atoms with Crippen molar-refractivity contribution in [2.75, 3.05) is 23.4 Å². The van der Waals surface area contributed by atoms with E-state index in [1.807, 2.05) is 4.90 Å². The molecule has 0 bridgehead atoms. The molecule has 1 aliphatic rings. The fourth-order valence-corrected chi connectivity index (χ4v) is 4.84. The SMILES string of the molecule is CCCCN(C(=S)Nc1ccc(F)c(Cl)c1)[C@@H]1CCS(=O)(=O)C1. The lowest BCUT2D eigenvalue weighted by atomic mass is 10.2. The fourth-order valence-electron chi connectivity index (χ4n) is 2.57. The third-order valence-electron chi connectivity index (χ3n) is 3.83. The Morgan fingerprint density at radius 2 is 2.26 bits per heavy atom. The Bertz CT molecular complexity index is 682. The van der Waals surface area contributed by atoms with E-state index in [9.17, 15) is 12.8 Å². The van der Waals surface area contributed by atoms with Gasteiger partial charge in [-0.2, -0.15) is 0 Å². The Balaban J connectivity index is 2.11. The second-order valence-electron chi connectivity index (χ2n) is 5.66. The number of hydrogen-bond acceptors (Lipinski definition) is 3. The molecule has 1 saturated heterocycles. The number of sulfone groups is 1. The van der Waals surface area contributed by atoms with Gasteiger partial charge in [0.15, 0.2) is 14.9 Å². The van der Waals surface area contributed by atoms with Crippen LogP contribution < -0.4 is 5.32 Å². The van der Waals surface area contributed by atoms with Crippen LogP contribution >= 0.6 is 23.8 Å². The zero-order chi connectivity index (χ0) is 17.0. The summed E-state index contributed by atoms with van der Waals surface area (Å²) in [6, 6.07) is 4.18.